The highest BCUT2D eigenvalue weighted by atomic mass is 79.9. The van der Waals surface area contributed by atoms with E-state index in [2.05, 4.69) is 22.9 Å². The molecule has 0 aliphatic carbocycles. The predicted octanol–water partition coefficient (Wildman–Crippen LogP) is 3.19. The van der Waals surface area contributed by atoms with Crippen LogP contribution in [0.4, 0.5) is 0 Å². The van der Waals surface area contributed by atoms with Crippen molar-refractivity contribution in [3.63, 3.8) is 0 Å². The van der Waals surface area contributed by atoms with E-state index in [1.807, 2.05) is 4.90 Å². The van der Waals surface area contributed by atoms with Gasteiger partial charge in [-0.15, -0.1) is 0 Å². The lowest BCUT2D eigenvalue weighted by atomic mass is 10.0. The zero-order valence-corrected chi connectivity index (χ0v) is 10.7. The largest absolute Gasteiger partial charge is 0.338 e. The van der Waals surface area contributed by atoms with Gasteiger partial charge in [0.05, 0.1) is 5.56 Å². The summed E-state index contributed by atoms with van der Waals surface area (Å²) < 4.78 is 0.763. The first-order chi connectivity index (χ1) is 7.08. The third-order valence-corrected chi connectivity index (χ3v) is 3.40. The van der Waals surface area contributed by atoms with E-state index in [4.69, 9.17) is 11.6 Å². The summed E-state index contributed by atoms with van der Waals surface area (Å²) in [6, 6.07) is 5.25. The van der Waals surface area contributed by atoms with Crippen LogP contribution in [-0.2, 0) is 0 Å². The average Bonchev–Trinajstić information content (AvgIpc) is 2.12. The third kappa shape index (κ3) is 2.18. The Labute approximate surface area is 102 Å². The minimum absolute atomic E-state index is 0.0802. The van der Waals surface area contributed by atoms with Gasteiger partial charge in [0.2, 0.25) is 0 Å². The summed E-state index contributed by atoms with van der Waals surface area (Å²) in [6.07, 6.45) is 0. The van der Waals surface area contributed by atoms with Gasteiger partial charge < -0.3 is 4.90 Å². The maximum Gasteiger partial charge on any atom is 0.255 e. The molecular weight excluding hydrogens is 277 g/mol. The fourth-order valence-corrected chi connectivity index (χ4v) is 2.55. The highest BCUT2D eigenvalue weighted by Gasteiger charge is 2.28. The minimum Gasteiger partial charge on any atom is -0.338 e. The van der Waals surface area contributed by atoms with Crippen molar-refractivity contribution < 1.29 is 4.79 Å². The van der Waals surface area contributed by atoms with Crippen molar-refractivity contribution in [2.24, 2.45) is 5.92 Å². The van der Waals surface area contributed by atoms with Gasteiger partial charge in [-0.2, -0.15) is 0 Å². The Morgan fingerprint density at radius 3 is 2.73 bits per heavy atom. The Balaban J connectivity index is 2.19. The summed E-state index contributed by atoms with van der Waals surface area (Å²) >= 11 is 9.17. The van der Waals surface area contributed by atoms with Gasteiger partial charge in [0.15, 0.2) is 0 Å². The average molecular weight is 289 g/mol. The Morgan fingerprint density at radius 1 is 1.53 bits per heavy atom. The monoisotopic (exact) mass is 287 g/mol. The molecule has 1 aliphatic heterocycles. The maximum atomic E-state index is 12.0. The summed E-state index contributed by atoms with van der Waals surface area (Å²) in [7, 11) is 0. The van der Waals surface area contributed by atoms with Crippen LogP contribution in [0.5, 0.6) is 0 Å². The molecule has 15 heavy (non-hydrogen) atoms. The van der Waals surface area contributed by atoms with Crippen molar-refractivity contribution >= 4 is 33.4 Å². The molecular formula is C11H11BrClNO. The quantitative estimate of drug-likeness (QED) is 0.777. The second-order valence-corrected chi connectivity index (χ2v) is 5.23. The number of carbonyl (C=O) groups is 1. The molecule has 4 heteroatoms. The number of hydrogen-bond donors (Lipinski definition) is 0. The lowest BCUT2D eigenvalue weighted by Crippen LogP contribution is -2.48. The van der Waals surface area contributed by atoms with Crippen LogP contribution in [0.25, 0.3) is 0 Å². The van der Waals surface area contributed by atoms with Crippen LogP contribution in [-0.4, -0.2) is 23.9 Å². The number of nitrogens with zero attached hydrogens (tertiary/aromatic N) is 1. The summed E-state index contributed by atoms with van der Waals surface area (Å²) in [6.45, 7) is 3.85. The van der Waals surface area contributed by atoms with E-state index >= 15 is 0 Å². The molecule has 0 bridgehead atoms. The summed E-state index contributed by atoms with van der Waals surface area (Å²) in [5, 5.41) is 0.635. The fraction of sp³-hybridized carbons (Fsp3) is 0.364. The molecule has 1 heterocycles. The molecule has 1 aliphatic rings. The Hall–Kier alpha value is -0.540. The lowest BCUT2D eigenvalue weighted by molar-refractivity contribution is 0.0529. The zero-order chi connectivity index (χ0) is 11.0. The summed E-state index contributed by atoms with van der Waals surface area (Å²) in [5.74, 6) is 0.705. The first-order valence-electron chi connectivity index (χ1n) is 4.82. The minimum atomic E-state index is 0.0802. The highest BCUT2D eigenvalue weighted by Crippen LogP contribution is 2.25. The summed E-state index contributed by atoms with van der Waals surface area (Å²) in [4.78, 5) is 13.8. The van der Waals surface area contributed by atoms with E-state index in [0.717, 1.165) is 17.6 Å². The van der Waals surface area contributed by atoms with Crippen LogP contribution in [0, 0.1) is 5.92 Å². The Bertz CT molecular complexity index is 402. The maximum absolute atomic E-state index is 12.0. The van der Waals surface area contributed by atoms with Crippen LogP contribution in [0.2, 0.25) is 5.02 Å². The molecule has 1 aromatic carbocycles. The first kappa shape index (κ1) is 11.0. The first-order valence-corrected chi connectivity index (χ1v) is 5.99. The summed E-state index contributed by atoms with van der Waals surface area (Å²) in [5.41, 5.74) is 0.686. The van der Waals surface area contributed by atoms with Crippen molar-refractivity contribution in [3.8, 4) is 0 Å². The number of benzene rings is 1. The smallest absolute Gasteiger partial charge is 0.255 e. The molecule has 2 nitrogen and oxygen atoms in total. The number of rotatable bonds is 1. The van der Waals surface area contributed by atoms with E-state index in [1.54, 1.807) is 18.2 Å². The van der Waals surface area contributed by atoms with Gasteiger partial charge in [-0.25, -0.2) is 0 Å². The molecule has 2 rings (SSSR count). The molecule has 0 saturated carbocycles. The van der Waals surface area contributed by atoms with Gasteiger partial charge in [0.25, 0.3) is 5.91 Å². The van der Waals surface area contributed by atoms with Crippen LogP contribution in [0.15, 0.2) is 22.7 Å². The standard InChI is InChI=1S/C11H11BrClNO/c1-7-5-14(6-7)11(15)9-3-2-8(13)4-10(9)12/h2-4,7H,5-6H2,1H3. The van der Waals surface area contributed by atoms with Crippen LogP contribution in [0.3, 0.4) is 0 Å². The molecule has 1 saturated heterocycles. The second-order valence-electron chi connectivity index (χ2n) is 3.94. The normalized spacial score (nSPS) is 16.3. The number of amides is 1. The number of halogens is 2. The van der Waals surface area contributed by atoms with E-state index in [9.17, 15) is 4.79 Å². The molecule has 0 N–H and O–H groups in total. The van der Waals surface area contributed by atoms with Crippen molar-refractivity contribution in [2.75, 3.05) is 13.1 Å². The van der Waals surface area contributed by atoms with E-state index < -0.39 is 0 Å². The van der Waals surface area contributed by atoms with Crippen LogP contribution >= 0.6 is 27.5 Å². The molecule has 0 aromatic heterocycles. The zero-order valence-electron chi connectivity index (χ0n) is 8.34. The number of likely N-dealkylation sites (tertiary alicyclic amines) is 1. The molecule has 0 spiro atoms. The van der Waals surface area contributed by atoms with Gasteiger partial charge in [-0.1, -0.05) is 18.5 Å². The van der Waals surface area contributed by atoms with Crippen molar-refractivity contribution in [3.05, 3.63) is 33.3 Å². The molecule has 1 fully saturated rings. The molecule has 1 aromatic rings. The van der Waals surface area contributed by atoms with Crippen molar-refractivity contribution in [2.45, 2.75) is 6.92 Å². The lowest BCUT2D eigenvalue weighted by Gasteiger charge is -2.37. The third-order valence-electron chi connectivity index (χ3n) is 2.51. The predicted molar refractivity (Wildman–Crippen MR) is 64.2 cm³/mol. The van der Waals surface area contributed by atoms with Crippen molar-refractivity contribution in [1.29, 1.82) is 0 Å². The van der Waals surface area contributed by atoms with E-state index in [-0.39, 0.29) is 5.91 Å². The van der Waals surface area contributed by atoms with Gasteiger partial charge in [0.1, 0.15) is 0 Å². The molecule has 1 amide bonds. The van der Waals surface area contributed by atoms with E-state index in [1.165, 1.54) is 0 Å². The fourth-order valence-electron chi connectivity index (χ4n) is 1.70. The van der Waals surface area contributed by atoms with Crippen LogP contribution in [0.1, 0.15) is 17.3 Å². The highest BCUT2D eigenvalue weighted by molar-refractivity contribution is 9.10. The second kappa shape index (κ2) is 4.14. The van der Waals surface area contributed by atoms with Crippen molar-refractivity contribution in [1.82, 2.24) is 4.90 Å². The van der Waals surface area contributed by atoms with Gasteiger partial charge in [-0.3, -0.25) is 4.79 Å². The van der Waals surface area contributed by atoms with E-state index in [0.29, 0.717) is 16.5 Å². The van der Waals surface area contributed by atoms with Gasteiger partial charge in [0, 0.05) is 22.6 Å². The number of hydrogen-bond acceptors (Lipinski definition) is 1. The topological polar surface area (TPSA) is 20.3 Å². The van der Waals surface area contributed by atoms with Gasteiger partial charge >= 0.3 is 0 Å². The SMILES string of the molecule is CC1CN(C(=O)c2ccc(Cl)cc2Br)C1. The molecule has 80 valence electrons. The Morgan fingerprint density at radius 2 is 2.20 bits per heavy atom. The Kier molecular flexibility index (Phi) is 3.03. The molecule has 0 atom stereocenters. The van der Waals surface area contributed by atoms with Crippen LogP contribution < -0.4 is 0 Å². The molecule has 0 unspecified atom stereocenters. The number of carbonyl (C=O) groups excluding carboxylic acids is 1. The van der Waals surface area contributed by atoms with Gasteiger partial charge in [-0.05, 0) is 40.0 Å². The molecule has 0 radical (unpaired) electrons.